The number of hydrogen-bond donors (Lipinski definition) is 1. The number of rotatable bonds is 6. The van der Waals surface area contributed by atoms with E-state index >= 15 is 0 Å². The smallest absolute Gasteiger partial charge is 0.255 e. The number of hydrogen-bond acceptors (Lipinski definition) is 6. The summed E-state index contributed by atoms with van der Waals surface area (Å²) in [6.07, 6.45) is 0. The molecule has 1 aromatic heterocycles. The van der Waals surface area contributed by atoms with Crippen molar-refractivity contribution in [3.8, 4) is 11.3 Å². The summed E-state index contributed by atoms with van der Waals surface area (Å²) < 4.78 is 23.7. The Balaban J connectivity index is 1.78. The SMILES string of the molecule is CCS(=O)(=O)c1ccc(-c2cccc(NC(=O)c3ccc(N(C)C)cc3)c2)nn1. The Bertz CT molecular complexity index is 1110. The molecule has 0 bridgehead atoms. The fourth-order valence-corrected chi connectivity index (χ4v) is 3.39. The molecule has 1 amide bonds. The first-order valence-corrected chi connectivity index (χ1v) is 10.7. The number of nitrogens with zero attached hydrogens (tertiary/aromatic N) is 3. The highest BCUT2D eigenvalue weighted by atomic mass is 32.2. The van der Waals surface area contributed by atoms with Gasteiger partial charge in [-0.15, -0.1) is 10.2 Å². The Morgan fingerprint density at radius 1 is 1.00 bits per heavy atom. The van der Waals surface area contributed by atoms with Gasteiger partial charge in [0.1, 0.15) is 0 Å². The molecule has 2 aromatic carbocycles. The summed E-state index contributed by atoms with van der Waals surface area (Å²) in [7, 11) is 0.482. The van der Waals surface area contributed by atoms with Crippen LogP contribution in [0.4, 0.5) is 11.4 Å². The third kappa shape index (κ3) is 4.78. The lowest BCUT2D eigenvalue weighted by molar-refractivity contribution is 0.102. The molecule has 29 heavy (non-hydrogen) atoms. The Labute approximate surface area is 170 Å². The predicted molar refractivity (Wildman–Crippen MR) is 114 cm³/mol. The largest absolute Gasteiger partial charge is 0.378 e. The van der Waals surface area contributed by atoms with E-state index in [-0.39, 0.29) is 16.7 Å². The number of benzene rings is 2. The molecule has 0 unspecified atom stereocenters. The van der Waals surface area contributed by atoms with E-state index in [1.165, 1.54) is 6.07 Å². The molecule has 1 heterocycles. The molecule has 8 heteroatoms. The number of carbonyl (C=O) groups excluding carboxylic acids is 1. The highest BCUT2D eigenvalue weighted by Gasteiger charge is 2.14. The lowest BCUT2D eigenvalue weighted by Gasteiger charge is -2.13. The Hall–Kier alpha value is -3.26. The molecular formula is C21H22N4O3S. The van der Waals surface area contributed by atoms with Crippen LogP contribution in [0.25, 0.3) is 11.3 Å². The lowest BCUT2D eigenvalue weighted by atomic mass is 10.1. The number of nitrogens with one attached hydrogen (secondary N) is 1. The van der Waals surface area contributed by atoms with Gasteiger partial charge in [0.15, 0.2) is 14.9 Å². The summed E-state index contributed by atoms with van der Waals surface area (Å²) in [5.74, 6) is -0.249. The maximum Gasteiger partial charge on any atom is 0.255 e. The molecule has 0 aliphatic rings. The molecular weight excluding hydrogens is 388 g/mol. The van der Waals surface area contributed by atoms with Crippen LogP contribution in [0.3, 0.4) is 0 Å². The van der Waals surface area contributed by atoms with Gasteiger partial charge in [0.25, 0.3) is 5.91 Å². The number of carbonyl (C=O) groups is 1. The maximum absolute atomic E-state index is 12.5. The van der Waals surface area contributed by atoms with Crippen molar-refractivity contribution in [2.75, 3.05) is 30.1 Å². The van der Waals surface area contributed by atoms with Crippen molar-refractivity contribution >= 4 is 27.1 Å². The van der Waals surface area contributed by atoms with Gasteiger partial charge in [0, 0.05) is 36.6 Å². The predicted octanol–water partition coefficient (Wildman–Crippen LogP) is 3.26. The number of anilines is 2. The molecule has 3 aromatic rings. The van der Waals surface area contributed by atoms with Crippen molar-refractivity contribution in [3.63, 3.8) is 0 Å². The minimum Gasteiger partial charge on any atom is -0.378 e. The molecule has 0 radical (unpaired) electrons. The fraction of sp³-hybridized carbons (Fsp3) is 0.190. The second kappa shape index (κ2) is 8.40. The first-order chi connectivity index (χ1) is 13.8. The van der Waals surface area contributed by atoms with Gasteiger partial charge in [-0.2, -0.15) is 0 Å². The van der Waals surface area contributed by atoms with Crippen LogP contribution in [0.5, 0.6) is 0 Å². The van der Waals surface area contributed by atoms with E-state index < -0.39 is 9.84 Å². The summed E-state index contributed by atoms with van der Waals surface area (Å²) in [4.78, 5) is 14.5. The molecule has 0 atom stereocenters. The van der Waals surface area contributed by atoms with Gasteiger partial charge in [-0.1, -0.05) is 19.1 Å². The van der Waals surface area contributed by atoms with Crippen LogP contribution in [0.15, 0.2) is 65.7 Å². The zero-order valence-corrected chi connectivity index (χ0v) is 17.3. The van der Waals surface area contributed by atoms with Crippen LogP contribution in [-0.4, -0.2) is 44.4 Å². The normalized spacial score (nSPS) is 11.1. The summed E-state index contributed by atoms with van der Waals surface area (Å²) in [6, 6.07) is 17.5. The molecule has 7 nitrogen and oxygen atoms in total. The molecule has 0 aliphatic carbocycles. The maximum atomic E-state index is 12.5. The molecule has 0 spiro atoms. The van der Waals surface area contributed by atoms with E-state index in [9.17, 15) is 13.2 Å². The van der Waals surface area contributed by atoms with Crippen molar-refractivity contribution in [2.45, 2.75) is 11.9 Å². The second-order valence-electron chi connectivity index (χ2n) is 6.64. The summed E-state index contributed by atoms with van der Waals surface area (Å²) >= 11 is 0. The van der Waals surface area contributed by atoms with Crippen molar-refractivity contribution in [1.82, 2.24) is 10.2 Å². The molecule has 0 fully saturated rings. The van der Waals surface area contributed by atoms with E-state index in [1.807, 2.05) is 37.2 Å². The first kappa shape index (κ1) is 20.5. The second-order valence-corrected chi connectivity index (χ2v) is 8.86. The minimum atomic E-state index is -3.39. The monoisotopic (exact) mass is 410 g/mol. The average Bonchev–Trinajstić information content (AvgIpc) is 2.74. The van der Waals surface area contributed by atoms with Crippen LogP contribution >= 0.6 is 0 Å². The zero-order chi connectivity index (χ0) is 21.0. The van der Waals surface area contributed by atoms with Gasteiger partial charge in [-0.05, 0) is 48.5 Å². The number of aromatic nitrogens is 2. The Morgan fingerprint density at radius 2 is 1.72 bits per heavy atom. The molecule has 0 saturated heterocycles. The van der Waals surface area contributed by atoms with Crippen LogP contribution in [0, 0.1) is 0 Å². The molecule has 1 N–H and O–H groups in total. The number of sulfone groups is 1. The highest BCUT2D eigenvalue weighted by Crippen LogP contribution is 2.22. The zero-order valence-electron chi connectivity index (χ0n) is 16.5. The number of amides is 1. The van der Waals surface area contributed by atoms with Crippen LogP contribution in [0.2, 0.25) is 0 Å². The average molecular weight is 410 g/mol. The van der Waals surface area contributed by atoms with E-state index in [0.717, 1.165) is 11.3 Å². The van der Waals surface area contributed by atoms with E-state index in [4.69, 9.17) is 0 Å². The summed E-state index contributed by atoms with van der Waals surface area (Å²) in [6.45, 7) is 1.56. The van der Waals surface area contributed by atoms with Crippen molar-refractivity contribution in [3.05, 3.63) is 66.2 Å². The Kier molecular flexibility index (Phi) is 5.93. The van der Waals surface area contributed by atoms with Crippen molar-refractivity contribution < 1.29 is 13.2 Å². The van der Waals surface area contributed by atoms with Gasteiger partial charge >= 0.3 is 0 Å². The first-order valence-electron chi connectivity index (χ1n) is 9.06. The van der Waals surface area contributed by atoms with E-state index in [0.29, 0.717) is 16.9 Å². The van der Waals surface area contributed by atoms with Crippen LogP contribution in [0.1, 0.15) is 17.3 Å². The Morgan fingerprint density at radius 3 is 2.31 bits per heavy atom. The van der Waals surface area contributed by atoms with Gasteiger partial charge in [-0.3, -0.25) is 4.79 Å². The fourth-order valence-electron chi connectivity index (χ4n) is 2.66. The standard InChI is InChI=1S/C21H22N4O3S/c1-4-29(27,28)20-13-12-19(23-24-20)16-6-5-7-17(14-16)22-21(26)15-8-10-18(11-9-15)25(2)3/h5-14H,4H2,1-3H3,(H,22,26). The van der Waals surface area contributed by atoms with Gasteiger partial charge in [0.05, 0.1) is 11.4 Å². The summed E-state index contributed by atoms with van der Waals surface area (Å²) in [5.41, 5.74) is 3.41. The van der Waals surface area contributed by atoms with E-state index in [2.05, 4.69) is 15.5 Å². The molecule has 0 aliphatic heterocycles. The van der Waals surface area contributed by atoms with Crippen molar-refractivity contribution in [1.29, 1.82) is 0 Å². The quantitative estimate of drug-likeness (QED) is 0.671. The van der Waals surface area contributed by atoms with Crippen molar-refractivity contribution in [2.24, 2.45) is 0 Å². The molecule has 0 saturated carbocycles. The van der Waals surface area contributed by atoms with Crippen LogP contribution in [-0.2, 0) is 9.84 Å². The lowest BCUT2D eigenvalue weighted by Crippen LogP contribution is -2.13. The van der Waals surface area contributed by atoms with Crippen LogP contribution < -0.4 is 10.2 Å². The topological polar surface area (TPSA) is 92.3 Å². The van der Waals surface area contributed by atoms with Gasteiger partial charge in [0.2, 0.25) is 0 Å². The third-order valence-corrected chi connectivity index (χ3v) is 6.02. The highest BCUT2D eigenvalue weighted by molar-refractivity contribution is 7.91. The summed E-state index contributed by atoms with van der Waals surface area (Å²) in [5, 5.41) is 10.7. The molecule has 3 rings (SSSR count). The van der Waals surface area contributed by atoms with Gasteiger partial charge in [-0.25, -0.2) is 8.42 Å². The third-order valence-electron chi connectivity index (χ3n) is 4.40. The minimum absolute atomic E-state index is 0.0297. The van der Waals surface area contributed by atoms with E-state index in [1.54, 1.807) is 43.3 Å². The molecule has 150 valence electrons. The van der Waals surface area contributed by atoms with Gasteiger partial charge < -0.3 is 10.2 Å².